The van der Waals surface area contributed by atoms with Crippen LogP contribution in [0.1, 0.15) is 32.4 Å². The molecule has 0 saturated heterocycles. The molecule has 1 amide bonds. The number of hydrogen-bond donors (Lipinski definition) is 1. The van der Waals surface area contributed by atoms with Crippen molar-refractivity contribution in [3.63, 3.8) is 0 Å². The lowest BCUT2D eigenvalue weighted by Gasteiger charge is -2.18. The number of carbonyl (C=O) groups is 1. The van der Waals surface area contributed by atoms with Crippen LogP contribution in [-0.4, -0.2) is 16.1 Å². The van der Waals surface area contributed by atoms with E-state index >= 15 is 0 Å². The van der Waals surface area contributed by atoms with Crippen LogP contribution in [0.3, 0.4) is 0 Å². The van der Waals surface area contributed by atoms with E-state index in [0.29, 0.717) is 17.3 Å². The van der Waals surface area contributed by atoms with Crippen molar-refractivity contribution in [2.75, 3.05) is 0 Å². The summed E-state index contributed by atoms with van der Waals surface area (Å²) in [7, 11) is 0. The number of aryl methyl sites for hydroxylation is 1. The first kappa shape index (κ1) is 21.7. The van der Waals surface area contributed by atoms with Crippen molar-refractivity contribution in [3.05, 3.63) is 118 Å². The predicted octanol–water partition coefficient (Wildman–Crippen LogP) is 6.43. The van der Waals surface area contributed by atoms with Gasteiger partial charge >= 0.3 is 0 Å². The molecule has 0 aliphatic rings. The highest BCUT2D eigenvalue weighted by Gasteiger charge is 2.19. The third-order valence-electron chi connectivity index (χ3n) is 5.50. The fourth-order valence-electron chi connectivity index (χ4n) is 3.67. The predicted molar refractivity (Wildman–Crippen MR) is 130 cm³/mol. The number of rotatable bonds is 6. The van der Waals surface area contributed by atoms with Gasteiger partial charge in [0.25, 0.3) is 5.91 Å². The molecule has 3 aromatic carbocycles. The van der Waals surface area contributed by atoms with Crippen LogP contribution in [0.15, 0.2) is 94.7 Å². The van der Waals surface area contributed by atoms with E-state index in [-0.39, 0.29) is 17.8 Å². The van der Waals surface area contributed by atoms with Crippen molar-refractivity contribution < 1.29 is 13.6 Å². The van der Waals surface area contributed by atoms with Crippen molar-refractivity contribution in [1.29, 1.82) is 0 Å². The smallest absolute Gasteiger partial charge is 0.252 e. The number of carbonyl (C=O) groups excluding carboxylic acids is 1. The van der Waals surface area contributed by atoms with Gasteiger partial charge < -0.3 is 9.73 Å². The van der Waals surface area contributed by atoms with Crippen molar-refractivity contribution in [3.8, 4) is 22.9 Å². The fraction of sp³-hybridized carbons (Fsp3) is 0.0741. The zero-order valence-electron chi connectivity index (χ0n) is 18.2. The Kier molecular flexibility index (Phi) is 6.01. The molecule has 168 valence electrons. The summed E-state index contributed by atoms with van der Waals surface area (Å²) in [6.45, 7) is 1.99. The number of halogens is 1. The molecule has 0 bridgehead atoms. The van der Waals surface area contributed by atoms with E-state index in [4.69, 9.17) is 4.42 Å². The van der Waals surface area contributed by atoms with Crippen LogP contribution in [0.4, 0.5) is 4.39 Å². The monoisotopic (exact) mass is 469 g/mol. The first-order chi connectivity index (χ1) is 16.6. The maximum Gasteiger partial charge on any atom is 0.252 e. The van der Waals surface area contributed by atoms with Gasteiger partial charge in [-0.15, -0.1) is 21.5 Å². The molecule has 2 heterocycles. The molecule has 0 spiro atoms. The van der Waals surface area contributed by atoms with E-state index in [9.17, 15) is 9.18 Å². The summed E-state index contributed by atoms with van der Waals surface area (Å²) in [6, 6.07) is 24.5. The maximum absolute atomic E-state index is 13.4. The molecule has 1 atom stereocenters. The van der Waals surface area contributed by atoms with E-state index in [0.717, 1.165) is 27.1 Å². The SMILES string of the molecule is Cc1ccccc1-c1nnc(-c2ccc(C(=O)NC(c3ccc(F)cc3)c3cccs3)cc2)o1. The topological polar surface area (TPSA) is 68.0 Å². The average Bonchev–Trinajstić information content (AvgIpc) is 3.56. The number of aromatic nitrogens is 2. The Hall–Kier alpha value is -4.10. The zero-order valence-corrected chi connectivity index (χ0v) is 19.1. The second-order valence-electron chi connectivity index (χ2n) is 7.78. The fourth-order valence-corrected chi connectivity index (χ4v) is 4.47. The third-order valence-corrected chi connectivity index (χ3v) is 6.44. The van der Waals surface area contributed by atoms with Gasteiger partial charge in [0, 0.05) is 21.6 Å². The Morgan fingerprint density at radius 2 is 1.65 bits per heavy atom. The van der Waals surface area contributed by atoms with Gasteiger partial charge in [0.15, 0.2) is 0 Å². The molecule has 0 aliphatic carbocycles. The molecule has 34 heavy (non-hydrogen) atoms. The number of thiophene rings is 1. The summed E-state index contributed by atoms with van der Waals surface area (Å²) in [5.41, 5.74) is 3.95. The highest BCUT2D eigenvalue weighted by atomic mass is 32.1. The van der Waals surface area contributed by atoms with Crippen molar-refractivity contribution in [2.45, 2.75) is 13.0 Å². The Labute approximate surface area is 199 Å². The number of hydrogen-bond acceptors (Lipinski definition) is 5. The average molecular weight is 470 g/mol. The minimum atomic E-state index is -0.375. The zero-order chi connectivity index (χ0) is 23.5. The first-order valence-corrected chi connectivity index (χ1v) is 11.6. The first-order valence-electron chi connectivity index (χ1n) is 10.7. The van der Waals surface area contributed by atoms with Gasteiger partial charge in [-0.25, -0.2) is 4.39 Å². The molecule has 7 heteroatoms. The van der Waals surface area contributed by atoms with Crippen LogP contribution in [0.2, 0.25) is 0 Å². The van der Waals surface area contributed by atoms with Crippen molar-refractivity contribution in [1.82, 2.24) is 15.5 Å². The van der Waals surface area contributed by atoms with Crippen molar-refractivity contribution in [2.24, 2.45) is 0 Å². The van der Waals surface area contributed by atoms with E-state index in [1.165, 1.54) is 23.5 Å². The van der Waals surface area contributed by atoms with Crippen LogP contribution in [-0.2, 0) is 0 Å². The molecule has 1 N–H and O–H groups in total. The van der Waals surface area contributed by atoms with Gasteiger partial charge in [0.05, 0.1) is 6.04 Å². The van der Waals surface area contributed by atoms with E-state index in [2.05, 4.69) is 15.5 Å². The Morgan fingerprint density at radius 1 is 0.912 bits per heavy atom. The number of nitrogens with one attached hydrogen (secondary N) is 1. The van der Waals surface area contributed by atoms with Gasteiger partial charge in [0.1, 0.15) is 5.82 Å². The second kappa shape index (κ2) is 9.41. The summed E-state index contributed by atoms with van der Waals surface area (Å²) < 4.78 is 19.3. The Morgan fingerprint density at radius 3 is 2.35 bits per heavy atom. The number of benzene rings is 3. The molecule has 2 aromatic heterocycles. The van der Waals surface area contributed by atoms with E-state index in [1.807, 2.05) is 48.7 Å². The Bertz CT molecular complexity index is 1410. The van der Waals surface area contributed by atoms with Gasteiger partial charge in [0.2, 0.25) is 11.8 Å². The molecule has 0 saturated carbocycles. The summed E-state index contributed by atoms with van der Waals surface area (Å²) >= 11 is 1.53. The normalized spacial score (nSPS) is 11.8. The highest BCUT2D eigenvalue weighted by molar-refractivity contribution is 7.10. The molecular weight excluding hydrogens is 449 g/mol. The van der Waals surface area contributed by atoms with Gasteiger partial charge in [-0.1, -0.05) is 36.4 Å². The number of nitrogens with zero attached hydrogens (tertiary/aromatic N) is 2. The minimum Gasteiger partial charge on any atom is -0.416 e. The molecule has 0 fully saturated rings. The van der Waals surface area contributed by atoms with Gasteiger partial charge in [-0.3, -0.25) is 4.79 Å². The molecular formula is C27H20FN3O2S. The van der Waals surface area contributed by atoms with E-state index in [1.54, 1.807) is 36.4 Å². The molecule has 0 radical (unpaired) electrons. The van der Waals surface area contributed by atoms with Gasteiger partial charge in [-0.05, 0) is 72.0 Å². The lowest BCUT2D eigenvalue weighted by molar-refractivity contribution is 0.0943. The quantitative estimate of drug-likeness (QED) is 0.311. The minimum absolute atomic E-state index is 0.236. The second-order valence-corrected chi connectivity index (χ2v) is 8.76. The molecule has 5 aromatic rings. The van der Waals surface area contributed by atoms with Crippen LogP contribution in [0.25, 0.3) is 22.9 Å². The summed E-state index contributed by atoms with van der Waals surface area (Å²) in [6.07, 6.45) is 0. The van der Waals surface area contributed by atoms with Crippen LogP contribution in [0, 0.1) is 12.7 Å². The van der Waals surface area contributed by atoms with Crippen LogP contribution < -0.4 is 5.32 Å². The molecule has 5 rings (SSSR count). The van der Waals surface area contributed by atoms with Crippen molar-refractivity contribution >= 4 is 17.2 Å². The summed E-state index contributed by atoms with van der Waals surface area (Å²) in [5, 5.41) is 13.3. The molecule has 1 unspecified atom stereocenters. The summed E-state index contributed by atoms with van der Waals surface area (Å²) in [5.74, 6) is 0.281. The van der Waals surface area contributed by atoms with E-state index < -0.39 is 0 Å². The lowest BCUT2D eigenvalue weighted by atomic mass is 10.0. The lowest BCUT2D eigenvalue weighted by Crippen LogP contribution is -2.28. The molecule has 0 aliphatic heterocycles. The third kappa shape index (κ3) is 4.51. The number of amides is 1. The van der Waals surface area contributed by atoms with Crippen LogP contribution in [0.5, 0.6) is 0 Å². The summed E-state index contributed by atoms with van der Waals surface area (Å²) in [4.78, 5) is 14.0. The standard InChI is InChI=1S/C27H20FN3O2S/c1-17-5-2-3-6-22(17)27-31-30-26(33-27)20-10-8-19(9-11-20)25(32)29-24(23-7-4-16-34-23)18-12-14-21(28)15-13-18/h2-16,24H,1H3,(H,29,32). The van der Waals surface area contributed by atoms with Gasteiger partial charge in [-0.2, -0.15) is 0 Å². The Balaban J connectivity index is 1.35. The van der Waals surface area contributed by atoms with Crippen LogP contribution >= 0.6 is 11.3 Å². The highest BCUT2D eigenvalue weighted by Crippen LogP contribution is 2.28. The molecule has 5 nitrogen and oxygen atoms in total. The maximum atomic E-state index is 13.4. The largest absolute Gasteiger partial charge is 0.416 e.